The molecule has 0 heterocycles. The quantitative estimate of drug-likeness (QED) is 0.830. The lowest BCUT2D eigenvalue weighted by Gasteiger charge is -2.13. The molecular formula is C12H18ClNO2. The van der Waals surface area contributed by atoms with Crippen LogP contribution in [0, 0.1) is 13.8 Å². The lowest BCUT2D eigenvalue weighted by atomic mass is 10.1. The van der Waals surface area contributed by atoms with Gasteiger partial charge in [0.2, 0.25) is 0 Å². The molecule has 0 fully saturated rings. The van der Waals surface area contributed by atoms with Crippen molar-refractivity contribution in [3.63, 3.8) is 0 Å². The summed E-state index contributed by atoms with van der Waals surface area (Å²) in [5, 5.41) is 13.1. The van der Waals surface area contributed by atoms with E-state index in [1.165, 1.54) is 0 Å². The topological polar surface area (TPSA) is 41.5 Å². The molecule has 1 aromatic rings. The summed E-state index contributed by atoms with van der Waals surface area (Å²) in [6.45, 7) is 4.67. The monoisotopic (exact) mass is 243 g/mol. The molecule has 0 saturated heterocycles. The van der Waals surface area contributed by atoms with E-state index in [4.69, 9.17) is 16.3 Å². The number of likely N-dealkylation sites (N-methyl/N-ethyl adjacent to an activating group) is 1. The van der Waals surface area contributed by atoms with Gasteiger partial charge in [0.15, 0.2) is 0 Å². The summed E-state index contributed by atoms with van der Waals surface area (Å²) in [5.41, 5.74) is 1.97. The Bertz CT molecular complexity index is 332. The maximum atomic E-state index is 9.49. The maximum Gasteiger partial charge on any atom is 0.120 e. The van der Waals surface area contributed by atoms with Crippen molar-refractivity contribution < 1.29 is 9.84 Å². The minimum atomic E-state index is -0.499. The second kappa shape index (κ2) is 6.09. The molecular weight excluding hydrogens is 226 g/mol. The van der Waals surface area contributed by atoms with Gasteiger partial charge in [-0.1, -0.05) is 11.6 Å². The highest BCUT2D eigenvalue weighted by molar-refractivity contribution is 6.32. The SMILES string of the molecule is CNCC(O)COc1cc(C)c(Cl)c(C)c1. The van der Waals surface area contributed by atoms with E-state index in [0.29, 0.717) is 6.54 Å². The van der Waals surface area contributed by atoms with Crippen molar-refractivity contribution in [2.75, 3.05) is 20.2 Å². The van der Waals surface area contributed by atoms with Crippen LogP contribution >= 0.6 is 11.6 Å². The Labute approximate surface area is 101 Å². The normalized spacial score (nSPS) is 12.6. The summed E-state index contributed by atoms with van der Waals surface area (Å²) < 4.78 is 5.49. The van der Waals surface area contributed by atoms with E-state index in [9.17, 15) is 5.11 Å². The van der Waals surface area contributed by atoms with Gasteiger partial charge in [-0.15, -0.1) is 0 Å². The zero-order valence-electron chi connectivity index (χ0n) is 9.88. The van der Waals surface area contributed by atoms with Gasteiger partial charge in [-0.05, 0) is 44.2 Å². The van der Waals surface area contributed by atoms with Crippen molar-refractivity contribution in [3.8, 4) is 5.75 Å². The molecule has 0 aliphatic rings. The first-order valence-electron chi connectivity index (χ1n) is 5.26. The fourth-order valence-corrected chi connectivity index (χ4v) is 1.59. The fraction of sp³-hybridized carbons (Fsp3) is 0.500. The van der Waals surface area contributed by atoms with Crippen LogP contribution in [-0.4, -0.2) is 31.4 Å². The van der Waals surface area contributed by atoms with Crippen molar-refractivity contribution in [2.45, 2.75) is 20.0 Å². The zero-order chi connectivity index (χ0) is 12.1. The Morgan fingerprint density at radius 1 is 1.38 bits per heavy atom. The average Bonchev–Trinajstić information content (AvgIpc) is 2.23. The molecule has 90 valence electrons. The Kier molecular flexibility index (Phi) is 5.06. The lowest BCUT2D eigenvalue weighted by Crippen LogP contribution is -2.29. The Hall–Kier alpha value is -0.770. The number of aliphatic hydroxyl groups excluding tert-OH is 1. The van der Waals surface area contributed by atoms with Crippen LogP contribution in [0.2, 0.25) is 5.02 Å². The number of benzene rings is 1. The summed E-state index contributed by atoms with van der Waals surface area (Å²) in [6, 6.07) is 3.75. The van der Waals surface area contributed by atoms with Crippen LogP contribution in [0.3, 0.4) is 0 Å². The van der Waals surface area contributed by atoms with Crippen LogP contribution in [-0.2, 0) is 0 Å². The molecule has 0 aliphatic heterocycles. The van der Waals surface area contributed by atoms with Crippen LogP contribution in [0.25, 0.3) is 0 Å². The van der Waals surface area contributed by atoms with Crippen molar-refractivity contribution in [2.24, 2.45) is 0 Å². The zero-order valence-corrected chi connectivity index (χ0v) is 10.6. The van der Waals surface area contributed by atoms with E-state index in [0.717, 1.165) is 21.9 Å². The van der Waals surface area contributed by atoms with E-state index in [1.807, 2.05) is 26.0 Å². The van der Waals surface area contributed by atoms with E-state index in [-0.39, 0.29) is 6.61 Å². The highest BCUT2D eigenvalue weighted by atomic mass is 35.5. The van der Waals surface area contributed by atoms with Gasteiger partial charge in [-0.25, -0.2) is 0 Å². The van der Waals surface area contributed by atoms with Gasteiger partial charge in [0.25, 0.3) is 0 Å². The highest BCUT2D eigenvalue weighted by Crippen LogP contribution is 2.25. The number of hydrogen-bond donors (Lipinski definition) is 2. The Balaban J connectivity index is 2.61. The molecule has 0 radical (unpaired) electrons. The minimum absolute atomic E-state index is 0.279. The van der Waals surface area contributed by atoms with Crippen LogP contribution in [0.4, 0.5) is 0 Å². The summed E-state index contributed by atoms with van der Waals surface area (Å²) in [5.74, 6) is 0.745. The molecule has 3 nitrogen and oxygen atoms in total. The van der Waals surface area contributed by atoms with Crippen molar-refractivity contribution in [3.05, 3.63) is 28.3 Å². The molecule has 1 rings (SSSR count). The van der Waals surface area contributed by atoms with Gasteiger partial charge in [0, 0.05) is 11.6 Å². The molecule has 1 atom stereocenters. The van der Waals surface area contributed by atoms with Gasteiger partial charge in [0.1, 0.15) is 18.5 Å². The molecule has 1 unspecified atom stereocenters. The third kappa shape index (κ3) is 3.67. The summed E-state index contributed by atoms with van der Waals surface area (Å²) in [4.78, 5) is 0. The molecule has 1 aromatic carbocycles. The largest absolute Gasteiger partial charge is 0.491 e. The Morgan fingerprint density at radius 3 is 2.44 bits per heavy atom. The number of aliphatic hydroxyl groups is 1. The standard InChI is InChI=1S/C12H18ClNO2/c1-8-4-11(5-9(2)12(8)13)16-7-10(15)6-14-3/h4-5,10,14-15H,6-7H2,1-3H3. The first-order chi connectivity index (χ1) is 7.54. The van der Waals surface area contributed by atoms with Crippen molar-refractivity contribution in [1.82, 2.24) is 5.32 Å². The second-order valence-corrected chi connectivity index (χ2v) is 4.27. The van der Waals surface area contributed by atoms with Crippen LogP contribution < -0.4 is 10.1 Å². The highest BCUT2D eigenvalue weighted by Gasteiger charge is 2.06. The number of ether oxygens (including phenoxy) is 1. The summed E-state index contributed by atoms with van der Waals surface area (Å²) in [6.07, 6.45) is -0.499. The predicted octanol–water partition coefficient (Wildman–Crippen LogP) is 1.92. The average molecular weight is 244 g/mol. The van der Waals surface area contributed by atoms with Crippen LogP contribution in [0.15, 0.2) is 12.1 Å². The van der Waals surface area contributed by atoms with Gasteiger partial charge in [-0.3, -0.25) is 0 Å². The smallest absolute Gasteiger partial charge is 0.120 e. The number of rotatable bonds is 5. The van der Waals surface area contributed by atoms with Crippen molar-refractivity contribution in [1.29, 1.82) is 0 Å². The predicted molar refractivity (Wildman–Crippen MR) is 66.4 cm³/mol. The number of nitrogens with one attached hydrogen (secondary N) is 1. The molecule has 0 spiro atoms. The van der Waals surface area contributed by atoms with E-state index >= 15 is 0 Å². The minimum Gasteiger partial charge on any atom is -0.491 e. The van der Waals surface area contributed by atoms with Crippen LogP contribution in [0.5, 0.6) is 5.75 Å². The molecule has 0 aromatic heterocycles. The van der Waals surface area contributed by atoms with E-state index in [1.54, 1.807) is 7.05 Å². The molecule has 16 heavy (non-hydrogen) atoms. The first kappa shape index (κ1) is 13.3. The first-order valence-corrected chi connectivity index (χ1v) is 5.64. The van der Waals surface area contributed by atoms with Gasteiger partial charge >= 0.3 is 0 Å². The molecule has 0 amide bonds. The summed E-state index contributed by atoms with van der Waals surface area (Å²) in [7, 11) is 1.79. The molecule has 0 bridgehead atoms. The van der Waals surface area contributed by atoms with E-state index in [2.05, 4.69) is 5.32 Å². The third-order valence-corrected chi connectivity index (χ3v) is 2.89. The van der Waals surface area contributed by atoms with E-state index < -0.39 is 6.10 Å². The number of hydrogen-bond acceptors (Lipinski definition) is 3. The molecule has 0 aliphatic carbocycles. The number of halogens is 1. The molecule has 0 saturated carbocycles. The molecule has 4 heteroatoms. The van der Waals surface area contributed by atoms with Gasteiger partial charge in [0.05, 0.1) is 0 Å². The molecule has 2 N–H and O–H groups in total. The second-order valence-electron chi connectivity index (χ2n) is 3.89. The van der Waals surface area contributed by atoms with Gasteiger partial charge in [-0.2, -0.15) is 0 Å². The fourth-order valence-electron chi connectivity index (χ4n) is 1.48. The lowest BCUT2D eigenvalue weighted by molar-refractivity contribution is 0.108. The number of aryl methyl sites for hydroxylation is 2. The Morgan fingerprint density at radius 2 is 1.94 bits per heavy atom. The van der Waals surface area contributed by atoms with Crippen molar-refractivity contribution >= 4 is 11.6 Å². The maximum absolute atomic E-state index is 9.49. The van der Waals surface area contributed by atoms with Crippen LogP contribution in [0.1, 0.15) is 11.1 Å². The summed E-state index contributed by atoms with van der Waals surface area (Å²) >= 11 is 6.05. The van der Waals surface area contributed by atoms with Gasteiger partial charge < -0.3 is 15.2 Å². The third-order valence-electron chi connectivity index (χ3n) is 2.29.